The zero-order valence-electron chi connectivity index (χ0n) is 64.6. The summed E-state index contributed by atoms with van der Waals surface area (Å²) in [6.45, 7) is 22.2. The Balaban J connectivity index is 0.000000123. The number of carbonyl (C=O) groups excluding carboxylic acids is 1. The van der Waals surface area contributed by atoms with E-state index in [0.717, 1.165) is 163 Å². The molecule has 1 amide bonds. The van der Waals surface area contributed by atoms with E-state index in [1.54, 1.807) is 61.2 Å². The number of nitrogens with zero attached hydrogens (tertiary/aromatic N) is 11. The fraction of sp³-hybridized carbons (Fsp3) is 0.250. The molecule has 3 aliphatic heterocycles. The molecule has 0 bridgehead atoms. The van der Waals surface area contributed by atoms with Crippen LogP contribution in [0.1, 0.15) is 91.9 Å². The zero-order chi connectivity index (χ0) is 81.2. The Labute approximate surface area is 681 Å². The van der Waals surface area contributed by atoms with Crippen LogP contribution in [0.15, 0.2) is 186 Å². The van der Waals surface area contributed by atoms with Gasteiger partial charge in [0.25, 0.3) is 11.1 Å². The van der Waals surface area contributed by atoms with Crippen LogP contribution in [0.4, 0.5) is 33.5 Å². The number of primary amides is 1. The number of imidazole rings is 2. The van der Waals surface area contributed by atoms with Crippen LogP contribution < -0.4 is 60.8 Å². The lowest BCUT2D eigenvalue weighted by Gasteiger charge is -2.31. The fourth-order valence-corrected chi connectivity index (χ4v) is 14.4. The van der Waals surface area contributed by atoms with Gasteiger partial charge in [0, 0.05) is 83.2 Å². The molecule has 9 N–H and O–H groups in total. The van der Waals surface area contributed by atoms with Crippen LogP contribution in [-0.2, 0) is 19.6 Å². The number of piperidine rings is 2. The molecule has 0 aliphatic carbocycles. The van der Waals surface area contributed by atoms with E-state index >= 15 is 0 Å². The highest BCUT2D eigenvalue weighted by molar-refractivity contribution is 6.31. The number of fused-ring (bicyclic) bond motifs is 7. The van der Waals surface area contributed by atoms with Gasteiger partial charge in [0.05, 0.1) is 81.7 Å². The molecular weight excluding hydrogens is 1530 g/mol. The highest BCUT2D eigenvalue weighted by Crippen LogP contribution is 2.38. The van der Waals surface area contributed by atoms with Gasteiger partial charge in [-0.3, -0.25) is 14.4 Å². The van der Waals surface area contributed by atoms with Crippen LogP contribution in [0, 0.1) is 25.2 Å². The van der Waals surface area contributed by atoms with Gasteiger partial charge in [-0.25, -0.2) is 38.7 Å². The summed E-state index contributed by atoms with van der Waals surface area (Å²) in [5.74, 6) is 6.44. The Kier molecular flexibility index (Phi) is 24.0. The number of amides is 1. The second-order valence-corrected chi connectivity index (χ2v) is 29.8. The van der Waals surface area contributed by atoms with Crippen molar-refractivity contribution >= 4 is 124 Å². The van der Waals surface area contributed by atoms with Gasteiger partial charge in [-0.15, -0.1) is 10.2 Å². The van der Waals surface area contributed by atoms with Crippen LogP contribution in [0.25, 0.3) is 93.2 Å². The molecule has 0 radical (unpaired) electrons. The van der Waals surface area contributed by atoms with Gasteiger partial charge in [0.1, 0.15) is 41.3 Å². The molecule has 0 saturated carbocycles. The number of rotatable bonds is 19. The van der Waals surface area contributed by atoms with Gasteiger partial charge in [0.2, 0.25) is 25.0 Å². The number of nitrogens with two attached hydrogens (primary N) is 1. The number of nitrogens with one attached hydrogen (secondary N) is 6. The Morgan fingerprint density at radius 3 is 2.08 bits per heavy atom. The van der Waals surface area contributed by atoms with E-state index in [1.165, 1.54) is 25.0 Å². The highest BCUT2D eigenvalue weighted by atomic mass is 35.5. The third-order valence-corrected chi connectivity index (χ3v) is 21.2. The smallest absolute Gasteiger partial charge is 0.259 e. The fourth-order valence-electron chi connectivity index (χ4n) is 14.1. The number of H-pyrrole nitrogens is 4. The number of hydrogen-bond acceptors (Lipinski definition) is 19. The third-order valence-electron chi connectivity index (χ3n) is 20.5. The number of para-hydroxylation sites is 1. The van der Waals surface area contributed by atoms with E-state index in [4.69, 9.17) is 64.4 Å². The summed E-state index contributed by atoms with van der Waals surface area (Å²) in [6, 6.07) is 49.1. The predicted molar refractivity (Wildman–Crippen MR) is 455 cm³/mol. The minimum absolute atomic E-state index is 0.184. The van der Waals surface area contributed by atoms with Crippen molar-refractivity contribution in [1.82, 2.24) is 55.1 Å². The van der Waals surface area contributed by atoms with Gasteiger partial charge in [-0.05, 0) is 171 Å². The molecule has 9 aromatic carbocycles. The number of benzene rings is 9. The molecule has 117 heavy (non-hydrogen) atoms. The molecule has 2 saturated heterocycles. The molecule has 0 unspecified atom stereocenters. The van der Waals surface area contributed by atoms with Crippen molar-refractivity contribution < 1.29 is 37.8 Å². The van der Waals surface area contributed by atoms with Crippen LogP contribution in [0.2, 0.25) is 10.0 Å². The van der Waals surface area contributed by atoms with E-state index < -0.39 is 5.91 Å². The number of carbonyl (C=O) groups is 1. The van der Waals surface area contributed by atoms with Crippen LogP contribution in [-0.4, -0.2) is 118 Å². The molecule has 6 aromatic heterocycles. The minimum atomic E-state index is -0.588. The predicted octanol–water partition coefficient (Wildman–Crippen LogP) is 16.3. The number of aliphatic hydroxyl groups is 1. The van der Waals surface area contributed by atoms with Crippen molar-refractivity contribution in [1.29, 1.82) is 0 Å². The lowest BCUT2D eigenvalue weighted by molar-refractivity contribution is -0.662. The first-order valence-corrected chi connectivity index (χ1v) is 39.4. The summed E-state index contributed by atoms with van der Waals surface area (Å²) in [5.41, 5.74) is 16.3. The topological polar surface area (TPSA) is 327 Å². The summed E-state index contributed by atoms with van der Waals surface area (Å²) in [5, 5.41) is 30.6. The molecule has 0 spiro atoms. The molecule has 29 heteroatoms. The average molecular weight is 1610 g/mol. The Morgan fingerprint density at radius 1 is 0.650 bits per heavy atom. The number of aliphatic hydroxyl groups excluding tert-OH is 1. The molecule has 594 valence electrons. The van der Waals surface area contributed by atoms with E-state index in [9.17, 15) is 23.9 Å². The number of aryl methyl sites for hydroxylation is 1. The highest BCUT2D eigenvalue weighted by Gasteiger charge is 2.25. The lowest BCUT2D eigenvalue weighted by atomic mass is 10.00. The van der Waals surface area contributed by atoms with E-state index in [0.29, 0.717) is 94.1 Å². The normalized spacial score (nSPS) is 13.4. The molecule has 15 aromatic rings. The van der Waals surface area contributed by atoms with Gasteiger partial charge in [0.15, 0.2) is 39.9 Å². The number of anilines is 4. The van der Waals surface area contributed by atoms with Crippen molar-refractivity contribution in [3.8, 4) is 45.8 Å². The molecule has 26 nitrogen and oxygen atoms in total. The number of halogens is 3. The summed E-state index contributed by atoms with van der Waals surface area (Å²) >= 11 is 12.5. The van der Waals surface area contributed by atoms with Crippen molar-refractivity contribution in [2.45, 2.75) is 92.0 Å². The van der Waals surface area contributed by atoms with Crippen LogP contribution in [0.3, 0.4) is 0 Å². The SMILES string of the molecule is CC1CCN(c2nc(NCc3ccc4c(c3)OCO4)c3cc(Cl)ccc3n2)CC1.CCCOc1ccc(C(N)=O)cc1-c1nc2cc3[nH]c[n+](Cc4ccc(F)cc4)c3cc2c(=O)[nH]1.CCCOc1ccccc1-c1nc2cc3nc[nH]c3cc2c(=O)[nH]1.[C-]#[N+]c1ccc2c(N3CCC(O)CC3)nnc(NCc3ccc(C)c(Cl)c3)c2c1. The summed E-state index contributed by atoms with van der Waals surface area (Å²) in [6.07, 6.45) is 8.64. The van der Waals surface area contributed by atoms with Gasteiger partial charge >= 0.3 is 0 Å². The Bertz CT molecular complexity index is 6360. The Hall–Kier alpha value is -13.3. The lowest BCUT2D eigenvalue weighted by Crippen LogP contribution is -2.36. The molecule has 2 fully saturated rings. The standard InChI is InChI=1S/C26H22FN5O3.C22H22ClN5O.C22H23ClN4O2.C18H16N4O2/c1-2-9-35-23-8-5-16(24(28)33)10-19(23)25-30-20-12-21-22(11-18(20)26(34)31-25)32(14-29-21)13-15-3-6-17(27)7-4-15;1-14-3-4-15(11-20(14)23)13-25-21-19-12-16(24-2)5-6-18(19)22(27-26-21)28-9-7-17(29)8-10-28;1-14-6-8-27(9-7-14)22-25-18-4-3-16(23)11-17(18)21(26-22)24-12-15-2-5-19-20(10-15)29-13-28-19;1-2-7-24-16-6-4-3-5-11(16)17-21-13-9-15-14(19-10-20-15)8-12(13)18(23)22-17/h3-8,10-12,14H,2,9,13H2,1H3,(H3,28,30,31,33,34);3-6,11-12,17,29H,7-10,13H2,1H3,(H,25,26);2-5,10-11,14H,6-9,12-13H2,1H3,(H,24,25,26);3-6,8-10H,2,7H2,1H3,(H,19,20)(H,21,22,23)/p+1. The van der Waals surface area contributed by atoms with Crippen molar-refractivity contribution in [3.63, 3.8) is 0 Å². The first-order valence-electron chi connectivity index (χ1n) is 38.7. The molecule has 0 atom stereocenters. The van der Waals surface area contributed by atoms with Crippen LogP contribution in [0.5, 0.6) is 23.0 Å². The minimum Gasteiger partial charge on any atom is -0.493 e. The largest absolute Gasteiger partial charge is 0.493 e. The summed E-state index contributed by atoms with van der Waals surface area (Å²) < 4.78 is 37.7. The number of aromatic amines is 4. The molecule has 3 aliphatic rings. The number of hydrogen-bond donors (Lipinski definition) is 8. The number of ether oxygens (including phenoxy) is 4. The van der Waals surface area contributed by atoms with E-state index in [2.05, 4.69) is 77.3 Å². The van der Waals surface area contributed by atoms with Gasteiger partial charge in [-0.2, -0.15) is 4.98 Å². The number of aromatic nitrogens is 12. The zero-order valence-corrected chi connectivity index (χ0v) is 66.2. The first-order chi connectivity index (χ1) is 56.9. The van der Waals surface area contributed by atoms with Gasteiger partial charge < -0.3 is 65.2 Å². The first kappa shape index (κ1) is 79.0. The maximum Gasteiger partial charge on any atom is 0.259 e. The van der Waals surface area contributed by atoms with Crippen molar-refractivity contribution in [2.75, 3.05) is 66.6 Å². The quantitative estimate of drug-likeness (QED) is 0.0275. The molecular formula is C88H84Cl2FN18O8+. The summed E-state index contributed by atoms with van der Waals surface area (Å²) in [4.78, 5) is 80.4. The second-order valence-electron chi connectivity index (χ2n) is 28.9. The van der Waals surface area contributed by atoms with E-state index in [1.807, 2.05) is 128 Å². The monoisotopic (exact) mass is 1610 g/mol. The average Bonchev–Trinajstić information content (AvgIpc) is 1.75. The molecule has 18 rings (SSSR count). The van der Waals surface area contributed by atoms with Crippen molar-refractivity contribution in [2.24, 2.45) is 11.7 Å². The maximum atomic E-state index is 13.3. The summed E-state index contributed by atoms with van der Waals surface area (Å²) in [7, 11) is 0. The maximum absolute atomic E-state index is 13.3. The molecule has 9 heterocycles. The van der Waals surface area contributed by atoms with E-state index in [-0.39, 0.29) is 41.2 Å². The van der Waals surface area contributed by atoms with Crippen molar-refractivity contribution in [3.05, 3.63) is 252 Å². The third kappa shape index (κ3) is 18.3. The van der Waals surface area contributed by atoms with Crippen LogP contribution >= 0.6 is 23.2 Å². The Morgan fingerprint density at radius 2 is 1.33 bits per heavy atom. The van der Waals surface area contributed by atoms with Gasteiger partial charge in [-0.1, -0.05) is 98.6 Å². The second kappa shape index (κ2) is 35.6.